The maximum atomic E-state index is 12.2. The van der Waals surface area contributed by atoms with Crippen LogP contribution in [-0.2, 0) is 6.42 Å². The Balaban J connectivity index is 2.15. The smallest absolute Gasteiger partial charge is 0.274 e. The summed E-state index contributed by atoms with van der Waals surface area (Å²) in [6.07, 6.45) is 0.722. The molecule has 1 aromatic heterocycles. The van der Waals surface area contributed by atoms with Crippen LogP contribution in [0.3, 0.4) is 0 Å². The first-order valence-electron chi connectivity index (χ1n) is 6.73. The summed E-state index contributed by atoms with van der Waals surface area (Å²) in [5, 5.41) is 9.72. The first kappa shape index (κ1) is 14.1. The number of nitrogen functional groups attached to an aromatic ring is 1. The number of nitrogens with two attached hydrogens (primary N) is 1. The summed E-state index contributed by atoms with van der Waals surface area (Å²) in [5.74, 6) is -0.255. The SMILES string of the molecule is CCc1[nH]nc(C(=O)NC(C)c2ccccc2C)c1N. The highest BCUT2D eigenvalue weighted by Crippen LogP contribution is 2.19. The molecule has 4 N–H and O–H groups in total. The number of hydrogen-bond acceptors (Lipinski definition) is 3. The topological polar surface area (TPSA) is 83.8 Å². The molecule has 0 aliphatic heterocycles. The number of H-pyrrole nitrogens is 1. The lowest BCUT2D eigenvalue weighted by Crippen LogP contribution is -2.28. The molecule has 0 radical (unpaired) electrons. The average Bonchev–Trinajstić information content (AvgIpc) is 2.80. The summed E-state index contributed by atoms with van der Waals surface area (Å²) in [5.41, 5.74) is 9.63. The number of anilines is 1. The van der Waals surface area contributed by atoms with Crippen LogP contribution in [0.25, 0.3) is 0 Å². The average molecular weight is 272 g/mol. The number of nitrogens with zero attached hydrogens (tertiary/aromatic N) is 1. The Bertz CT molecular complexity index is 618. The summed E-state index contributed by atoms with van der Waals surface area (Å²) in [6.45, 7) is 5.93. The lowest BCUT2D eigenvalue weighted by Gasteiger charge is -2.16. The van der Waals surface area contributed by atoms with E-state index in [0.29, 0.717) is 5.69 Å². The molecule has 2 aromatic rings. The zero-order chi connectivity index (χ0) is 14.7. The van der Waals surface area contributed by atoms with Gasteiger partial charge in [-0.25, -0.2) is 0 Å². The molecule has 0 spiro atoms. The van der Waals surface area contributed by atoms with E-state index in [2.05, 4.69) is 15.5 Å². The van der Waals surface area contributed by atoms with E-state index in [4.69, 9.17) is 5.73 Å². The summed E-state index contributed by atoms with van der Waals surface area (Å²) in [6, 6.07) is 7.88. The molecular formula is C15H20N4O. The van der Waals surface area contributed by atoms with Crippen LogP contribution >= 0.6 is 0 Å². The van der Waals surface area contributed by atoms with E-state index in [-0.39, 0.29) is 17.6 Å². The van der Waals surface area contributed by atoms with Crippen molar-refractivity contribution in [2.75, 3.05) is 5.73 Å². The van der Waals surface area contributed by atoms with Crippen molar-refractivity contribution in [3.8, 4) is 0 Å². The molecule has 0 fully saturated rings. The third kappa shape index (κ3) is 2.66. The van der Waals surface area contributed by atoms with Crippen LogP contribution in [0, 0.1) is 6.92 Å². The molecule has 1 aromatic carbocycles. The van der Waals surface area contributed by atoms with Crippen LogP contribution in [0.4, 0.5) is 5.69 Å². The van der Waals surface area contributed by atoms with Gasteiger partial charge in [-0.1, -0.05) is 31.2 Å². The van der Waals surface area contributed by atoms with Gasteiger partial charge in [-0.2, -0.15) is 5.10 Å². The number of carbonyl (C=O) groups is 1. The number of amides is 1. The van der Waals surface area contributed by atoms with Gasteiger partial charge in [0.1, 0.15) is 0 Å². The Labute approximate surface area is 118 Å². The normalized spacial score (nSPS) is 12.2. The standard InChI is InChI=1S/C15H20N4O/c1-4-12-13(16)14(19-18-12)15(20)17-10(3)11-8-6-5-7-9(11)2/h5-8,10H,4,16H2,1-3H3,(H,17,20)(H,18,19). The summed E-state index contributed by atoms with van der Waals surface area (Å²) in [4.78, 5) is 12.2. The fraction of sp³-hybridized carbons (Fsp3) is 0.333. The zero-order valence-corrected chi connectivity index (χ0v) is 12.0. The van der Waals surface area contributed by atoms with Crippen LogP contribution in [0.2, 0.25) is 0 Å². The van der Waals surface area contributed by atoms with Crippen molar-refractivity contribution in [1.29, 1.82) is 0 Å². The quantitative estimate of drug-likeness (QED) is 0.798. The van der Waals surface area contributed by atoms with Crippen LogP contribution < -0.4 is 11.1 Å². The van der Waals surface area contributed by atoms with E-state index in [9.17, 15) is 4.79 Å². The summed E-state index contributed by atoms with van der Waals surface area (Å²) in [7, 11) is 0. The van der Waals surface area contributed by atoms with E-state index in [1.807, 2.05) is 45.0 Å². The van der Waals surface area contributed by atoms with E-state index >= 15 is 0 Å². The number of benzene rings is 1. The largest absolute Gasteiger partial charge is 0.395 e. The van der Waals surface area contributed by atoms with E-state index in [0.717, 1.165) is 23.2 Å². The minimum absolute atomic E-state index is 0.0927. The van der Waals surface area contributed by atoms with Gasteiger partial charge in [0.15, 0.2) is 5.69 Å². The lowest BCUT2D eigenvalue weighted by molar-refractivity contribution is 0.0935. The lowest BCUT2D eigenvalue weighted by atomic mass is 10.0. The second kappa shape index (κ2) is 5.77. The maximum Gasteiger partial charge on any atom is 0.274 e. The Kier molecular flexibility index (Phi) is 4.08. The molecule has 0 saturated carbocycles. The van der Waals surface area contributed by atoms with Gasteiger partial charge in [0.05, 0.1) is 17.4 Å². The van der Waals surface area contributed by atoms with E-state index in [1.165, 1.54) is 0 Å². The van der Waals surface area contributed by atoms with Crippen molar-refractivity contribution >= 4 is 11.6 Å². The molecule has 1 atom stereocenters. The molecule has 1 unspecified atom stereocenters. The molecule has 5 heteroatoms. The van der Waals surface area contributed by atoms with Crippen molar-refractivity contribution in [1.82, 2.24) is 15.5 Å². The predicted molar refractivity (Wildman–Crippen MR) is 79.4 cm³/mol. The van der Waals surface area contributed by atoms with Gasteiger partial charge in [-0.15, -0.1) is 0 Å². The van der Waals surface area contributed by atoms with Gasteiger partial charge in [0.25, 0.3) is 5.91 Å². The number of aromatic nitrogens is 2. The highest BCUT2D eigenvalue weighted by atomic mass is 16.2. The Morgan fingerprint density at radius 3 is 2.75 bits per heavy atom. The molecule has 106 valence electrons. The number of carbonyl (C=O) groups excluding carboxylic acids is 1. The van der Waals surface area contributed by atoms with Crippen LogP contribution in [0.1, 0.15) is 47.2 Å². The minimum Gasteiger partial charge on any atom is -0.395 e. The Hall–Kier alpha value is -2.30. The Morgan fingerprint density at radius 1 is 1.45 bits per heavy atom. The van der Waals surface area contributed by atoms with Crippen molar-refractivity contribution < 1.29 is 4.79 Å². The highest BCUT2D eigenvalue weighted by Gasteiger charge is 2.19. The number of nitrogens with one attached hydrogen (secondary N) is 2. The first-order chi connectivity index (χ1) is 9.54. The zero-order valence-electron chi connectivity index (χ0n) is 12.0. The molecular weight excluding hydrogens is 252 g/mol. The third-order valence-electron chi connectivity index (χ3n) is 3.45. The fourth-order valence-electron chi connectivity index (χ4n) is 2.24. The van der Waals surface area contributed by atoms with Gasteiger partial charge in [0, 0.05) is 0 Å². The van der Waals surface area contributed by atoms with Crippen molar-refractivity contribution in [2.45, 2.75) is 33.2 Å². The van der Waals surface area contributed by atoms with Gasteiger partial charge < -0.3 is 11.1 Å². The molecule has 0 bridgehead atoms. The van der Waals surface area contributed by atoms with Crippen molar-refractivity contribution in [3.63, 3.8) is 0 Å². The third-order valence-corrected chi connectivity index (χ3v) is 3.45. The molecule has 20 heavy (non-hydrogen) atoms. The molecule has 0 aliphatic carbocycles. The number of hydrogen-bond donors (Lipinski definition) is 3. The van der Waals surface area contributed by atoms with E-state index in [1.54, 1.807) is 0 Å². The highest BCUT2D eigenvalue weighted by molar-refractivity contribution is 5.97. The summed E-state index contributed by atoms with van der Waals surface area (Å²) < 4.78 is 0. The number of aromatic amines is 1. The molecule has 5 nitrogen and oxygen atoms in total. The van der Waals surface area contributed by atoms with Crippen molar-refractivity contribution in [2.24, 2.45) is 0 Å². The first-order valence-corrected chi connectivity index (χ1v) is 6.73. The number of aryl methyl sites for hydroxylation is 2. The van der Waals surface area contributed by atoms with Crippen LogP contribution in [0.5, 0.6) is 0 Å². The van der Waals surface area contributed by atoms with Gasteiger partial charge in [-0.05, 0) is 31.4 Å². The van der Waals surface area contributed by atoms with Gasteiger partial charge in [0.2, 0.25) is 0 Å². The second-order valence-corrected chi connectivity index (χ2v) is 4.87. The molecule has 0 aliphatic rings. The second-order valence-electron chi connectivity index (χ2n) is 4.87. The van der Waals surface area contributed by atoms with Gasteiger partial charge >= 0.3 is 0 Å². The maximum absolute atomic E-state index is 12.2. The fourth-order valence-corrected chi connectivity index (χ4v) is 2.24. The molecule has 1 amide bonds. The van der Waals surface area contributed by atoms with Gasteiger partial charge in [-0.3, -0.25) is 9.89 Å². The minimum atomic E-state index is -0.255. The summed E-state index contributed by atoms with van der Waals surface area (Å²) >= 11 is 0. The van der Waals surface area contributed by atoms with Crippen molar-refractivity contribution in [3.05, 3.63) is 46.8 Å². The predicted octanol–water partition coefficient (Wildman–Crippen LogP) is 2.35. The van der Waals surface area contributed by atoms with Crippen LogP contribution in [-0.4, -0.2) is 16.1 Å². The number of rotatable bonds is 4. The van der Waals surface area contributed by atoms with Crippen LogP contribution in [0.15, 0.2) is 24.3 Å². The molecule has 2 rings (SSSR count). The molecule has 0 saturated heterocycles. The Morgan fingerprint density at radius 2 is 2.15 bits per heavy atom. The molecule has 1 heterocycles. The van der Waals surface area contributed by atoms with E-state index < -0.39 is 0 Å². The monoisotopic (exact) mass is 272 g/mol.